The van der Waals surface area contributed by atoms with Crippen LogP contribution < -0.4 is 4.74 Å². The van der Waals surface area contributed by atoms with E-state index < -0.39 is 23.7 Å². The van der Waals surface area contributed by atoms with Gasteiger partial charge in [0.25, 0.3) is 0 Å². The van der Waals surface area contributed by atoms with Crippen LogP contribution in [0.5, 0.6) is 5.75 Å². The summed E-state index contributed by atoms with van der Waals surface area (Å²) in [5.41, 5.74) is 0.113. The van der Waals surface area contributed by atoms with Gasteiger partial charge in [-0.2, -0.15) is 5.26 Å². The Bertz CT molecular complexity index is 505. The van der Waals surface area contributed by atoms with E-state index in [2.05, 4.69) is 4.98 Å². The molecule has 0 amide bonds. The summed E-state index contributed by atoms with van der Waals surface area (Å²) in [7, 11) is 0. The molecular formula is C12H14N2O4S. The maximum absolute atomic E-state index is 9.86. The summed E-state index contributed by atoms with van der Waals surface area (Å²) < 4.78 is 5.60. The number of nitrogens with zero attached hydrogens (tertiary/aromatic N) is 2. The van der Waals surface area contributed by atoms with Gasteiger partial charge in [-0.05, 0) is 13.0 Å². The van der Waals surface area contributed by atoms with Crippen molar-refractivity contribution >= 4 is 11.8 Å². The fraction of sp³-hybridized carbons (Fsp3) is 0.500. The topological polar surface area (TPSA) is 107 Å². The molecule has 1 fully saturated rings. The molecule has 102 valence electrons. The minimum atomic E-state index is -1.26. The molecule has 4 atom stereocenters. The summed E-state index contributed by atoms with van der Waals surface area (Å²) in [5, 5.41) is 37.9. The van der Waals surface area contributed by atoms with Gasteiger partial charge in [0, 0.05) is 11.9 Å². The van der Waals surface area contributed by atoms with Crippen LogP contribution >= 0.6 is 11.8 Å². The van der Waals surface area contributed by atoms with Crippen molar-refractivity contribution < 1.29 is 20.1 Å². The average molecular weight is 282 g/mol. The van der Waals surface area contributed by atoms with Crippen LogP contribution in [-0.2, 0) is 0 Å². The monoisotopic (exact) mass is 282 g/mol. The predicted molar refractivity (Wildman–Crippen MR) is 68.6 cm³/mol. The fourth-order valence-corrected chi connectivity index (χ4v) is 2.90. The number of hydrogen-bond acceptors (Lipinski definition) is 7. The van der Waals surface area contributed by atoms with Crippen LogP contribution in [0.25, 0.3) is 0 Å². The summed E-state index contributed by atoms with van der Waals surface area (Å²) in [6.45, 7) is 1.70. The molecule has 6 nitrogen and oxygen atoms in total. The van der Waals surface area contributed by atoms with Gasteiger partial charge in [0.2, 0.25) is 0 Å². The Kier molecular flexibility index (Phi) is 4.27. The summed E-state index contributed by atoms with van der Waals surface area (Å²) in [6.07, 6.45) is -1.96. The molecule has 0 aromatic carbocycles. The summed E-state index contributed by atoms with van der Waals surface area (Å²) in [4.78, 5) is 4.03. The zero-order chi connectivity index (χ0) is 14.0. The molecule has 19 heavy (non-hydrogen) atoms. The average Bonchev–Trinajstić information content (AvgIpc) is 2.41. The standard InChI is InChI=1S/C12H14N2O4S/c1-6-11(7(4-13)2-3-14-6)18-12-10(17)9(16)8(15)5-19-12/h2-3,8-10,12,15-17H,5H2,1H3/t8-,9+,10-,12-/m1/s1. The minimum absolute atomic E-state index is 0.254. The molecule has 0 saturated carbocycles. The van der Waals surface area contributed by atoms with E-state index in [1.807, 2.05) is 6.07 Å². The molecule has 1 aliphatic rings. The summed E-state index contributed by atoms with van der Waals surface area (Å²) >= 11 is 1.19. The second-order valence-electron chi connectivity index (χ2n) is 4.25. The van der Waals surface area contributed by atoms with Crippen molar-refractivity contribution in [2.24, 2.45) is 0 Å². The van der Waals surface area contributed by atoms with E-state index in [4.69, 9.17) is 10.00 Å². The molecule has 1 aromatic heterocycles. The van der Waals surface area contributed by atoms with Crippen molar-refractivity contribution in [2.45, 2.75) is 30.7 Å². The molecule has 2 rings (SSSR count). The number of aryl methyl sites for hydroxylation is 1. The van der Waals surface area contributed by atoms with Crippen LogP contribution in [-0.4, -0.2) is 49.8 Å². The van der Waals surface area contributed by atoms with E-state index in [1.165, 1.54) is 24.0 Å². The Balaban J connectivity index is 2.20. The number of hydrogen-bond donors (Lipinski definition) is 3. The lowest BCUT2D eigenvalue weighted by molar-refractivity contribution is -0.0787. The Labute approximate surface area is 114 Å². The number of ether oxygens (including phenoxy) is 1. The highest BCUT2D eigenvalue weighted by Crippen LogP contribution is 2.31. The van der Waals surface area contributed by atoms with E-state index >= 15 is 0 Å². The fourth-order valence-electron chi connectivity index (χ4n) is 1.79. The normalized spacial score (nSPS) is 30.7. The van der Waals surface area contributed by atoms with E-state index in [-0.39, 0.29) is 5.75 Å². The third-order valence-corrected chi connectivity index (χ3v) is 4.13. The maximum atomic E-state index is 9.86. The Morgan fingerprint density at radius 2 is 2.16 bits per heavy atom. The highest BCUT2D eigenvalue weighted by atomic mass is 32.2. The first-order chi connectivity index (χ1) is 9.04. The van der Waals surface area contributed by atoms with E-state index in [0.29, 0.717) is 17.0 Å². The number of aliphatic hydroxyl groups excluding tert-OH is 3. The van der Waals surface area contributed by atoms with Gasteiger partial charge in [-0.3, -0.25) is 4.98 Å². The van der Waals surface area contributed by atoms with Gasteiger partial charge >= 0.3 is 0 Å². The van der Waals surface area contributed by atoms with Crippen LogP contribution in [0.4, 0.5) is 0 Å². The predicted octanol–water partition coefficient (Wildman–Crippen LogP) is -0.204. The quantitative estimate of drug-likeness (QED) is 0.689. The lowest BCUT2D eigenvalue weighted by Gasteiger charge is -2.34. The molecule has 1 aromatic rings. The van der Waals surface area contributed by atoms with Crippen LogP contribution in [0.1, 0.15) is 11.3 Å². The number of pyridine rings is 1. The smallest absolute Gasteiger partial charge is 0.173 e. The molecule has 0 aliphatic carbocycles. The zero-order valence-corrected chi connectivity index (χ0v) is 11.0. The van der Waals surface area contributed by atoms with Gasteiger partial charge < -0.3 is 20.1 Å². The molecular weight excluding hydrogens is 268 g/mol. The number of aliphatic hydroxyl groups is 3. The third-order valence-electron chi connectivity index (χ3n) is 2.89. The molecule has 0 radical (unpaired) electrons. The second kappa shape index (κ2) is 5.75. The maximum Gasteiger partial charge on any atom is 0.173 e. The van der Waals surface area contributed by atoms with Crippen molar-refractivity contribution in [3.8, 4) is 11.8 Å². The largest absolute Gasteiger partial charge is 0.474 e. The van der Waals surface area contributed by atoms with Gasteiger partial charge in [0.1, 0.15) is 18.3 Å². The molecule has 2 heterocycles. The second-order valence-corrected chi connectivity index (χ2v) is 5.38. The molecule has 1 saturated heterocycles. The SMILES string of the molecule is Cc1nccc(C#N)c1O[C@@H]1SC[C@@H](O)[C@H](O)[C@H]1O. The van der Waals surface area contributed by atoms with Gasteiger partial charge in [-0.25, -0.2) is 0 Å². The van der Waals surface area contributed by atoms with Gasteiger partial charge in [-0.1, -0.05) is 0 Å². The van der Waals surface area contributed by atoms with Crippen molar-refractivity contribution in [1.29, 1.82) is 5.26 Å². The van der Waals surface area contributed by atoms with E-state index in [1.54, 1.807) is 6.92 Å². The Morgan fingerprint density at radius 3 is 2.84 bits per heavy atom. The first-order valence-corrected chi connectivity index (χ1v) is 6.77. The first kappa shape index (κ1) is 14.1. The molecule has 0 unspecified atom stereocenters. The van der Waals surface area contributed by atoms with Crippen molar-refractivity contribution in [1.82, 2.24) is 4.98 Å². The third kappa shape index (κ3) is 2.82. The lowest BCUT2D eigenvalue weighted by Crippen LogP contribution is -2.50. The molecule has 7 heteroatoms. The van der Waals surface area contributed by atoms with Crippen molar-refractivity contribution in [2.75, 3.05) is 5.75 Å². The first-order valence-electron chi connectivity index (χ1n) is 5.72. The van der Waals surface area contributed by atoms with Crippen LogP contribution in [0, 0.1) is 18.3 Å². The molecule has 0 bridgehead atoms. The number of thioether (sulfide) groups is 1. The van der Waals surface area contributed by atoms with E-state index in [9.17, 15) is 15.3 Å². The highest BCUT2D eigenvalue weighted by Gasteiger charge is 2.39. The summed E-state index contributed by atoms with van der Waals surface area (Å²) in [5.74, 6) is 0.550. The van der Waals surface area contributed by atoms with Gasteiger partial charge in [0.15, 0.2) is 11.2 Å². The zero-order valence-electron chi connectivity index (χ0n) is 10.2. The Hall–Kier alpha value is -1.33. The molecule has 3 N–H and O–H groups in total. The molecule has 1 aliphatic heterocycles. The highest BCUT2D eigenvalue weighted by molar-refractivity contribution is 7.99. The number of nitriles is 1. The lowest BCUT2D eigenvalue weighted by atomic mass is 10.1. The van der Waals surface area contributed by atoms with Crippen LogP contribution in [0.2, 0.25) is 0 Å². The van der Waals surface area contributed by atoms with Gasteiger partial charge in [-0.15, -0.1) is 11.8 Å². The van der Waals surface area contributed by atoms with Crippen molar-refractivity contribution in [3.63, 3.8) is 0 Å². The summed E-state index contributed by atoms with van der Waals surface area (Å²) in [6, 6.07) is 3.51. The van der Waals surface area contributed by atoms with Crippen LogP contribution in [0.3, 0.4) is 0 Å². The number of aromatic nitrogens is 1. The van der Waals surface area contributed by atoms with Crippen molar-refractivity contribution in [3.05, 3.63) is 23.5 Å². The molecule has 0 spiro atoms. The van der Waals surface area contributed by atoms with E-state index in [0.717, 1.165) is 0 Å². The van der Waals surface area contributed by atoms with Gasteiger partial charge in [0.05, 0.1) is 17.4 Å². The van der Waals surface area contributed by atoms with Crippen LogP contribution in [0.15, 0.2) is 12.3 Å². The Morgan fingerprint density at radius 1 is 1.42 bits per heavy atom. The minimum Gasteiger partial charge on any atom is -0.474 e. The number of rotatable bonds is 2.